The molecule has 5 heteroatoms. The topological polar surface area (TPSA) is 96.3 Å². The van der Waals surface area contributed by atoms with E-state index in [1.165, 1.54) is 0 Å². The summed E-state index contributed by atoms with van der Waals surface area (Å²) in [7, 11) is 0. The highest BCUT2D eigenvalue weighted by molar-refractivity contribution is 6.03. The lowest BCUT2D eigenvalue weighted by molar-refractivity contribution is 0.872. The molecule has 0 saturated heterocycles. The molecule has 4 N–H and O–H groups in total. The molecule has 0 saturated carbocycles. The van der Waals surface area contributed by atoms with E-state index in [1.54, 1.807) is 0 Å². The van der Waals surface area contributed by atoms with Gasteiger partial charge in [-0.05, 0) is 5.92 Å². The van der Waals surface area contributed by atoms with Gasteiger partial charge in [0.25, 0.3) is 0 Å². The van der Waals surface area contributed by atoms with Gasteiger partial charge in [0.1, 0.15) is 0 Å². The van der Waals surface area contributed by atoms with Crippen LogP contribution in [0.3, 0.4) is 0 Å². The number of rotatable bonds is 3. The van der Waals surface area contributed by atoms with Gasteiger partial charge in [0.05, 0.1) is 17.1 Å². The van der Waals surface area contributed by atoms with Gasteiger partial charge in [-0.15, -0.1) is 0 Å². The number of aromatic nitrogens is 2. The van der Waals surface area contributed by atoms with Gasteiger partial charge in [-0.3, -0.25) is 0 Å². The van der Waals surface area contributed by atoms with Crippen LogP contribution in [-0.2, 0) is 0 Å². The van der Waals surface area contributed by atoms with E-state index in [0.717, 1.165) is 6.21 Å². The minimum Gasteiger partial charge on any atom is -0.307 e. The number of hydrogen-bond donors (Lipinski definition) is 4. The Kier molecular flexibility index (Phi) is 2.46. The van der Waals surface area contributed by atoms with Crippen molar-refractivity contribution in [2.45, 2.75) is 13.8 Å². The summed E-state index contributed by atoms with van der Waals surface area (Å²) in [5.74, 6) is 0.0325. The SMILES string of the molecule is CC(C)C(=N)c1[nH]c(=O)[nH]c1C=N. The molecule has 13 heavy (non-hydrogen) atoms. The number of hydrogen-bond acceptors (Lipinski definition) is 3. The van der Waals surface area contributed by atoms with Gasteiger partial charge in [0.2, 0.25) is 0 Å². The van der Waals surface area contributed by atoms with Gasteiger partial charge >= 0.3 is 5.69 Å². The van der Waals surface area contributed by atoms with Crippen molar-refractivity contribution in [2.24, 2.45) is 5.92 Å². The van der Waals surface area contributed by atoms with Crippen LogP contribution >= 0.6 is 0 Å². The third-order valence-electron chi connectivity index (χ3n) is 1.75. The van der Waals surface area contributed by atoms with Crippen LogP contribution in [0, 0.1) is 16.7 Å². The van der Waals surface area contributed by atoms with Gasteiger partial charge in [-0.1, -0.05) is 13.8 Å². The Labute approximate surface area is 75.2 Å². The summed E-state index contributed by atoms with van der Waals surface area (Å²) in [6, 6.07) is 0. The maximum atomic E-state index is 10.9. The van der Waals surface area contributed by atoms with Crippen molar-refractivity contribution >= 4 is 11.9 Å². The Morgan fingerprint density at radius 1 is 1.46 bits per heavy atom. The summed E-state index contributed by atoms with van der Waals surface area (Å²) < 4.78 is 0. The molecule has 1 heterocycles. The fourth-order valence-electron chi connectivity index (χ4n) is 1.01. The second-order valence-corrected chi connectivity index (χ2v) is 3.08. The van der Waals surface area contributed by atoms with E-state index in [1.807, 2.05) is 13.8 Å². The summed E-state index contributed by atoms with van der Waals surface area (Å²) >= 11 is 0. The third kappa shape index (κ3) is 1.74. The molecule has 70 valence electrons. The molecule has 5 nitrogen and oxygen atoms in total. The lowest BCUT2D eigenvalue weighted by Crippen LogP contribution is -2.11. The second kappa shape index (κ2) is 3.38. The highest BCUT2D eigenvalue weighted by atomic mass is 16.1. The van der Waals surface area contributed by atoms with E-state index in [4.69, 9.17) is 10.8 Å². The van der Waals surface area contributed by atoms with Crippen molar-refractivity contribution in [1.29, 1.82) is 10.8 Å². The lowest BCUT2D eigenvalue weighted by Gasteiger charge is -2.04. The molecular formula is C8H12N4O. The molecular weight excluding hydrogens is 168 g/mol. The monoisotopic (exact) mass is 180 g/mol. The van der Waals surface area contributed by atoms with E-state index >= 15 is 0 Å². The second-order valence-electron chi connectivity index (χ2n) is 3.08. The van der Waals surface area contributed by atoms with Gasteiger partial charge in [0, 0.05) is 6.21 Å². The van der Waals surface area contributed by atoms with Gasteiger partial charge in [0.15, 0.2) is 0 Å². The molecule has 0 aromatic carbocycles. The van der Waals surface area contributed by atoms with Gasteiger partial charge in [-0.25, -0.2) is 4.79 Å². The van der Waals surface area contributed by atoms with Crippen LogP contribution in [-0.4, -0.2) is 21.9 Å². The molecule has 0 unspecified atom stereocenters. The lowest BCUT2D eigenvalue weighted by atomic mass is 10.0. The van der Waals surface area contributed by atoms with E-state index in [-0.39, 0.29) is 11.6 Å². The van der Waals surface area contributed by atoms with Crippen LogP contribution in [0.25, 0.3) is 0 Å². The van der Waals surface area contributed by atoms with Crippen LogP contribution in [0.2, 0.25) is 0 Å². The summed E-state index contributed by atoms with van der Waals surface area (Å²) in [6.45, 7) is 3.72. The maximum Gasteiger partial charge on any atom is 0.323 e. The summed E-state index contributed by atoms with van der Waals surface area (Å²) in [4.78, 5) is 15.8. The van der Waals surface area contributed by atoms with E-state index in [9.17, 15) is 4.79 Å². The Balaban J connectivity index is 3.20. The van der Waals surface area contributed by atoms with Crippen LogP contribution in [0.5, 0.6) is 0 Å². The fraction of sp³-hybridized carbons (Fsp3) is 0.375. The van der Waals surface area contributed by atoms with Crippen molar-refractivity contribution in [3.05, 3.63) is 21.9 Å². The quantitative estimate of drug-likeness (QED) is 0.507. The van der Waals surface area contributed by atoms with Gasteiger partial charge in [-0.2, -0.15) is 0 Å². The van der Waals surface area contributed by atoms with Crippen molar-refractivity contribution < 1.29 is 0 Å². The molecule has 0 spiro atoms. The molecule has 1 aromatic rings. The zero-order chi connectivity index (χ0) is 10.0. The first kappa shape index (κ1) is 9.44. The molecule has 0 aliphatic rings. The van der Waals surface area contributed by atoms with Crippen molar-refractivity contribution in [2.75, 3.05) is 0 Å². The normalized spacial score (nSPS) is 10.4. The van der Waals surface area contributed by atoms with E-state index in [2.05, 4.69) is 9.97 Å². The minimum absolute atomic E-state index is 0.0325. The molecule has 0 amide bonds. The predicted molar refractivity (Wildman–Crippen MR) is 51.0 cm³/mol. The third-order valence-corrected chi connectivity index (χ3v) is 1.75. The van der Waals surface area contributed by atoms with E-state index < -0.39 is 0 Å². The first-order valence-electron chi connectivity index (χ1n) is 3.97. The zero-order valence-electron chi connectivity index (χ0n) is 7.56. The Morgan fingerprint density at radius 3 is 2.54 bits per heavy atom. The molecule has 1 rings (SSSR count). The van der Waals surface area contributed by atoms with E-state index in [0.29, 0.717) is 17.1 Å². The summed E-state index contributed by atoms with van der Waals surface area (Å²) in [5.41, 5.74) is 0.731. The largest absolute Gasteiger partial charge is 0.323 e. The Morgan fingerprint density at radius 2 is 2.08 bits per heavy atom. The van der Waals surface area contributed by atoms with Crippen molar-refractivity contribution in [3.8, 4) is 0 Å². The standard InChI is InChI=1S/C8H12N4O/c1-4(2)6(10)7-5(3-9)11-8(13)12-7/h3-4,9-10H,1-2H3,(H2,11,12,13). The van der Waals surface area contributed by atoms with Gasteiger partial charge < -0.3 is 20.8 Å². The number of imidazole rings is 1. The van der Waals surface area contributed by atoms with Crippen LogP contribution < -0.4 is 5.69 Å². The molecule has 1 aromatic heterocycles. The molecule has 0 radical (unpaired) electrons. The predicted octanol–water partition coefficient (Wildman–Crippen LogP) is 0.725. The van der Waals surface area contributed by atoms with Crippen LogP contribution in [0.4, 0.5) is 0 Å². The highest BCUT2D eigenvalue weighted by Crippen LogP contribution is 2.05. The highest BCUT2D eigenvalue weighted by Gasteiger charge is 2.12. The van der Waals surface area contributed by atoms with Crippen LogP contribution in [0.1, 0.15) is 25.2 Å². The summed E-state index contributed by atoms with van der Waals surface area (Å²) in [5, 5.41) is 14.7. The molecule has 0 atom stereocenters. The molecule has 0 fully saturated rings. The first-order valence-corrected chi connectivity index (χ1v) is 3.97. The molecule has 0 aliphatic carbocycles. The number of H-pyrrole nitrogens is 2. The molecule has 0 bridgehead atoms. The smallest absolute Gasteiger partial charge is 0.307 e. The van der Waals surface area contributed by atoms with Crippen molar-refractivity contribution in [1.82, 2.24) is 9.97 Å². The summed E-state index contributed by atoms with van der Waals surface area (Å²) in [6.07, 6.45) is 1.03. The fourth-order valence-corrected chi connectivity index (χ4v) is 1.01. The molecule has 0 aliphatic heterocycles. The average Bonchev–Trinajstić information content (AvgIpc) is 2.45. The van der Waals surface area contributed by atoms with Crippen molar-refractivity contribution in [3.63, 3.8) is 0 Å². The first-order chi connectivity index (χ1) is 6.06. The Hall–Kier alpha value is -1.65. The van der Waals surface area contributed by atoms with Crippen LogP contribution in [0.15, 0.2) is 4.79 Å². The number of nitrogens with one attached hydrogen (secondary N) is 4. The minimum atomic E-state index is -0.376. The maximum absolute atomic E-state index is 10.9. The Bertz CT molecular complexity index is 385. The zero-order valence-corrected chi connectivity index (χ0v) is 7.56. The number of aromatic amines is 2. The average molecular weight is 180 g/mol.